The van der Waals surface area contributed by atoms with Gasteiger partial charge in [0, 0.05) is 35.2 Å². The van der Waals surface area contributed by atoms with E-state index in [0.29, 0.717) is 31.5 Å². The third-order valence-electron chi connectivity index (χ3n) is 8.51. The molecule has 5 heterocycles. The summed E-state index contributed by atoms with van der Waals surface area (Å²) >= 11 is 0. The molecular weight excluding hydrogens is 549 g/mol. The molecule has 10 heteroatoms. The standard InChI is InChI=1S/C33H32FN5O4/c34-25-15-22-3-1-4-24(32(22)35-17-25)20-43-31-6-2-5-27(37-31)21-9-12-38(13-10-21)19-30-36-28-8-7-23(33(40)41)16-29(28)39(30)18-26-11-14-42-26/h1-8,15-17,21,26H,9-14,18-20H2,(H,40,41). The van der Waals surface area contributed by atoms with Crippen LogP contribution < -0.4 is 4.74 Å². The van der Waals surface area contributed by atoms with E-state index in [2.05, 4.69) is 20.5 Å². The number of ether oxygens (including phenoxy) is 2. The molecule has 0 aliphatic carbocycles. The summed E-state index contributed by atoms with van der Waals surface area (Å²) in [5, 5.41) is 10.3. The van der Waals surface area contributed by atoms with Crippen LogP contribution in [0.15, 0.2) is 66.9 Å². The van der Waals surface area contributed by atoms with Crippen molar-refractivity contribution in [2.24, 2.45) is 0 Å². The molecule has 3 aromatic heterocycles. The lowest BCUT2D eigenvalue weighted by Gasteiger charge is -2.32. The number of halogens is 1. The summed E-state index contributed by atoms with van der Waals surface area (Å²) in [7, 11) is 0. The summed E-state index contributed by atoms with van der Waals surface area (Å²) in [6.45, 7) is 4.23. The highest BCUT2D eigenvalue weighted by molar-refractivity contribution is 5.92. The highest BCUT2D eigenvalue weighted by atomic mass is 19.1. The summed E-state index contributed by atoms with van der Waals surface area (Å²) in [5.41, 5.74) is 4.54. The van der Waals surface area contributed by atoms with Gasteiger partial charge in [-0.1, -0.05) is 24.3 Å². The van der Waals surface area contributed by atoms with Gasteiger partial charge < -0.3 is 19.1 Å². The van der Waals surface area contributed by atoms with E-state index in [4.69, 9.17) is 19.4 Å². The Morgan fingerprint density at radius 1 is 1.05 bits per heavy atom. The van der Waals surface area contributed by atoms with Crippen LogP contribution in [0.1, 0.15) is 52.6 Å². The van der Waals surface area contributed by atoms with Crippen LogP contribution in [0, 0.1) is 5.82 Å². The molecule has 220 valence electrons. The molecular formula is C33H32FN5O4. The first kappa shape index (κ1) is 27.4. The second-order valence-corrected chi connectivity index (χ2v) is 11.3. The van der Waals surface area contributed by atoms with Gasteiger partial charge in [0.25, 0.3) is 0 Å². The van der Waals surface area contributed by atoms with Gasteiger partial charge in [-0.25, -0.2) is 19.2 Å². The van der Waals surface area contributed by atoms with Gasteiger partial charge in [-0.3, -0.25) is 9.88 Å². The molecule has 2 saturated heterocycles. The first-order valence-corrected chi connectivity index (χ1v) is 14.7. The van der Waals surface area contributed by atoms with Gasteiger partial charge >= 0.3 is 5.97 Å². The van der Waals surface area contributed by atoms with E-state index in [1.54, 1.807) is 18.2 Å². The Labute approximate surface area is 247 Å². The van der Waals surface area contributed by atoms with Crippen molar-refractivity contribution in [3.05, 3.63) is 95.3 Å². The molecule has 9 nitrogen and oxygen atoms in total. The van der Waals surface area contributed by atoms with Gasteiger partial charge in [0.15, 0.2) is 0 Å². The lowest BCUT2D eigenvalue weighted by atomic mass is 9.93. The third-order valence-corrected chi connectivity index (χ3v) is 8.51. The van der Waals surface area contributed by atoms with Gasteiger partial charge in [0.2, 0.25) is 5.88 Å². The Kier molecular flexibility index (Phi) is 7.46. The quantitative estimate of drug-likeness (QED) is 0.241. The van der Waals surface area contributed by atoms with Crippen molar-refractivity contribution in [1.29, 1.82) is 0 Å². The van der Waals surface area contributed by atoms with Crippen LogP contribution >= 0.6 is 0 Å². The fourth-order valence-electron chi connectivity index (χ4n) is 6.05. The largest absolute Gasteiger partial charge is 0.478 e. The maximum Gasteiger partial charge on any atom is 0.335 e. The minimum absolute atomic E-state index is 0.135. The summed E-state index contributed by atoms with van der Waals surface area (Å²) in [4.78, 5) is 28.0. The number of carboxylic acid groups (broad SMARTS) is 1. The normalized spacial score (nSPS) is 17.7. The van der Waals surface area contributed by atoms with E-state index in [0.717, 1.165) is 78.0 Å². The van der Waals surface area contributed by atoms with Gasteiger partial charge in [0.05, 0.1) is 47.5 Å². The van der Waals surface area contributed by atoms with Crippen molar-refractivity contribution >= 4 is 27.9 Å². The van der Waals surface area contributed by atoms with Crippen molar-refractivity contribution in [3.63, 3.8) is 0 Å². The molecule has 0 bridgehead atoms. The Bertz CT molecular complexity index is 1800. The van der Waals surface area contributed by atoms with E-state index in [1.807, 2.05) is 30.3 Å². The van der Waals surface area contributed by atoms with Crippen LogP contribution in [0.4, 0.5) is 4.39 Å². The SMILES string of the molecule is O=C(O)c1ccc2nc(CN3CCC(c4cccc(OCc5cccc6cc(F)cnc56)n4)CC3)n(CC3CCO3)c2c1. The number of likely N-dealkylation sites (tertiary alicyclic amines) is 1. The Hall–Kier alpha value is -4.41. The highest BCUT2D eigenvalue weighted by Crippen LogP contribution is 2.30. The lowest BCUT2D eigenvalue weighted by Crippen LogP contribution is -2.35. The maximum atomic E-state index is 13.6. The summed E-state index contributed by atoms with van der Waals surface area (Å²) < 4.78 is 27.5. The number of aromatic nitrogens is 4. The number of carboxylic acids is 1. The van der Waals surface area contributed by atoms with Crippen LogP contribution in [0.2, 0.25) is 0 Å². The number of benzene rings is 2. The average Bonchev–Trinajstić information content (AvgIpc) is 3.33. The molecule has 1 unspecified atom stereocenters. The number of hydrogen-bond donors (Lipinski definition) is 1. The zero-order valence-electron chi connectivity index (χ0n) is 23.7. The number of imidazole rings is 1. The molecule has 2 aliphatic rings. The van der Waals surface area contributed by atoms with Gasteiger partial charge in [-0.15, -0.1) is 0 Å². The highest BCUT2D eigenvalue weighted by Gasteiger charge is 2.26. The van der Waals surface area contributed by atoms with Crippen molar-refractivity contribution in [1.82, 2.24) is 24.4 Å². The van der Waals surface area contributed by atoms with Crippen molar-refractivity contribution in [3.8, 4) is 5.88 Å². The van der Waals surface area contributed by atoms with E-state index in [9.17, 15) is 14.3 Å². The number of nitrogens with zero attached hydrogens (tertiary/aromatic N) is 5. The summed E-state index contributed by atoms with van der Waals surface area (Å²) in [6, 6.07) is 18.2. The monoisotopic (exact) mass is 581 g/mol. The number of rotatable bonds is 9. The summed E-state index contributed by atoms with van der Waals surface area (Å²) in [6.07, 6.45) is 4.29. The number of aromatic carboxylic acids is 1. The predicted octanol–water partition coefficient (Wildman–Crippen LogP) is 5.56. The van der Waals surface area contributed by atoms with E-state index < -0.39 is 5.97 Å². The minimum atomic E-state index is -0.941. The molecule has 0 spiro atoms. The Balaban J connectivity index is 1.01. The molecule has 1 N–H and O–H groups in total. The second-order valence-electron chi connectivity index (χ2n) is 11.3. The molecule has 0 radical (unpaired) electrons. The molecule has 0 amide bonds. The fraction of sp³-hybridized carbons (Fsp3) is 0.333. The van der Waals surface area contributed by atoms with Crippen molar-refractivity contribution < 1.29 is 23.8 Å². The second kappa shape index (κ2) is 11.7. The molecule has 2 aromatic carbocycles. The van der Waals surface area contributed by atoms with Crippen LogP contribution in [0.3, 0.4) is 0 Å². The van der Waals surface area contributed by atoms with E-state index in [-0.39, 0.29) is 17.5 Å². The molecule has 0 saturated carbocycles. The van der Waals surface area contributed by atoms with Crippen molar-refractivity contribution in [2.45, 2.75) is 51.0 Å². The van der Waals surface area contributed by atoms with Gasteiger partial charge in [-0.05, 0) is 62.7 Å². The molecule has 2 aliphatic heterocycles. The maximum absolute atomic E-state index is 13.6. The first-order valence-electron chi connectivity index (χ1n) is 14.7. The van der Waals surface area contributed by atoms with Crippen LogP contribution in [-0.4, -0.2) is 61.3 Å². The Morgan fingerprint density at radius 3 is 2.67 bits per heavy atom. The Morgan fingerprint density at radius 2 is 1.88 bits per heavy atom. The molecule has 43 heavy (non-hydrogen) atoms. The van der Waals surface area contributed by atoms with E-state index in [1.165, 1.54) is 12.3 Å². The van der Waals surface area contributed by atoms with Crippen molar-refractivity contribution in [2.75, 3.05) is 19.7 Å². The molecule has 2 fully saturated rings. The van der Waals surface area contributed by atoms with E-state index >= 15 is 0 Å². The number of pyridine rings is 2. The lowest BCUT2D eigenvalue weighted by molar-refractivity contribution is -0.0592. The number of hydrogen-bond acceptors (Lipinski definition) is 7. The number of piperidine rings is 1. The number of fused-ring (bicyclic) bond motifs is 2. The predicted molar refractivity (Wildman–Crippen MR) is 159 cm³/mol. The first-order chi connectivity index (χ1) is 21.0. The van der Waals surface area contributed by atoms with Crippen LogP contribution in [0.25, 0.3) is 21.9 Å². The number of para-hydroxylation sites is 1. The third kappa shape index (κ3) is 5.80. The smallest absolute Gasteiger partial charge is 0.335 e. The summed E-state index contributed by atoms with van der Waals surface area (Å²) in [5.74, 6) is 0.519. The zero-order chi connectivity index (χ0) is 29.3. The molecule has 7 rings (SSSR count). The number of carbonyl (C=O) groups is 1. The fourth-order valence-corrected chi connectivity index (χ4v) is 6.05. The van der Waals surface area contributed by atoms with Crippen LogP contribution in [0.5, 0.6) is 5.88 Å². The van der Waals surface area contributed by atoms with Crippen LogP contribution in [-0.2, 0) is 24.4 Å². The average molecular weight is 582 g/mol. The van der Waals surface area contributed by atoms with Gasteiger partial charge in [0.1, 0.15) is 18.2 Å². The zero-order valence-corrected chi connectivity index (χ0v) is 23.7. The minimum Gasteiger partial charge on any atom is -0.478 e. The topological polar surface area (TPSA) is 103 Å². The molecule has 5 aromatic rings. The molecule has 1 atom stereocenters. The van der Waals surface area contributed by atoms with Gasteiger partial charge in [-0.2, -0.15) is 0 Å².